The van der Waals surface area contributed by atoms with Crippen LogP contribution in [0.15, 0.2) is 22.0 Å². The third-order valence-corrected chi connectivity index (χ3v) is 5.43. The molecule has 7 heteroatoms. The van der Waals surface area contributed by atoms with Crippen LogP contribution in [-0.2, 0) is 10.0 Å². The molecule has 106 valence electrons. The molecule has 0 bridgehead atoms. The summed E-state index contributed by atoms with van der Waals surface area (Å²) in [5.41, 5.74) is -0.555. The van der Waals surface area contributed by atoms with Gasteiger partial charge in [0.15, 0.2) is 0 Å². The van der Waals surface area contributed by atoms with Gasteiger partial charge in [-0.15, -0.1) is 0 Å². The van der Waals surface area contributed by atoms with Crippen LogP contribution in [0.2, 0.25) is 5.02 Å². The zero-order valence-corrected chi connectivity index (χ0v) is 12.4. The van der Waals surface area contributed by atoms with Crippen molar-refractivity contribution >= 4 is 21.6 Å². The molecule has 0 amide bonds. The van der Waals surface area contributed by atoms with Crippen LogP contribution < -0.4 is 10.3 Å². The average Bonchev–Trinajstić information content (AvgIpc) is 2.61. The van der Waals surface area contributed by atoms with Crippen molar-refractivity contribution in [1.82, 2.24) is 9.71 Å². The topological polar surface area (TPSA) is 79.0 Å². The molecule has 1 heterocycles. The lowest BCUT2D eigenvalue weighted by Crippen LogP contribution is -2.41. The zero-order valence-electron chi connectivity index (χ0n) is 10.9. The van der Waals surface area contributed by atoms with Crippen LogP contribution in [0.1, 0.15) is 33.1 Å². The minimum atomic E-state index is -3.66. The molecule has 0 radical (unpaired) electrons. The van der Waals surface area contributed by atoms with Gasteiger partial charge in [0, 0.05) is 12.2 Å². The summed E-state index contributed by atoms with van der Waals surface area (Å²) in [4.78, 5) is 13.4. The smallest absolute Gasteiger partial charge is 0.266 e. The molecular weight excluding hydrogens is 288 g/mol. The number of pyridine rings is 1. The highest BCUT2D eigenvalue weighted by Crippen LogP contribution is 2.37. The number of hydrogen-bond donors (Lipinski definition) is 2. The fourth-order valence-electron chi connectivity index (χ4n) is 2.39. The monoisotopic (exact) mass is 304 g/mol. The van der Waals surface area contributed by atoms with E-state index in [1.165, 1.54) is 12.3 Å². The minimum absolute atomic E-state index is 0.0141. The summed E-state index contributed by atoms with van der Waals surface area (Å²) in [5.74, 6) is 0. The molecule has 1 aliphatic carbocycles. The molecule has 5 nitrogen and oxygen atoms in total. The van der Waals surface area contributed by atoms with Gasteiger partial charge in [0.2, 0.25) is 10.0 Å². The summed E-state index contributed by atoms with van der Waals surface area (Å²) in [7, 11) is -3.66. The Morgan fingerprint density at radius 1 is 1.47 bits per heavy atom. The van der Waals surface area contributed by atoms with E-state index in [2.05, 4.69) is 9.71 Å². The van der Waals surface area contributed by atoms with Crippen LogP contribution >= 0.6 is 11.6 Å². The van der Waals surface area contributed by atoms with Gasteiger partial charge in [-0.25, -0.2) is 13.1 Å². The Balaban J connectivity index is 2.28. The predicted molar refractivity (Wildman–Crippen MR) is 73.8 cm³/mol. The Labute approximate surface area is 117 Å². The largest absolute Gasteiger partial charge is 0.326 e. The van der Waals surface area contributed by atoms with Crippen molar-refractivity contribution in [2.45, 2.75) is 44.0 Å². The first-order chi connectivity index (χ1) is 8.72. The molecule has 0 aromatic carbocycles. The zero-order chi connectivity index (χ0) is 14.3. The SMILES string of the molecule is CC1(C)CCCC1NS(=O)(=O)c1c[nH]c(=O)c(Cl)c1. The molecular formula is C12H17ClN2O3S. The second kappa shape index (κ2) is 4.92. The summed E-state index contributed by atoms with van der Waals surface area (Å²) >= 11 is 5.66. The molecule has 0 spiro atoms. The number of aromatic nitrogens is 1. The number of aromatic amines is 1. The molecule has 1 saturated carbocycles. The Morgan fingerprint density at radius 2 is 2.16 bits per heavy atom. The van der Waals surface area contributed by atoms with E-state index in [0.29, 0.717) is 0 Å². The molecule has 1 unspecified atom stereocenters. The van der Waals surface area contributed by atoms with E-state index in [0.717, 1.165) is 19.3 Å². The Bertz CT molecular complexity index is 637. The highest BCUT2D eigenvalue weighted by molar-refractivity contribution is 7.89. The molecule has 1 fully saturated rings. The molecule has 0 saturated heterocycles. The number of sulfonamides is 1. The van der Waals surface area contributed by atoms with Gasteiger partial charge in [0.25, 0.3) is 5.56 Å². The first-order valence-corrected chi connectivity index (χ1v) is 7.99. The number of H-pyrrole nitrogens is 1. The summed E-state index contributed by atoms with van der Waals surface area (Å²) in [6.45, 7) is 4.10. The second-order valence-electron chi connectivity index (χ2n) is 5.57. The van der Waals surface area contributed by atoms with Gasteiger partial charge in [0.05, 0.1) is 4.90 Å². The predicted octanol–water partition coefficient (Wildman–Crippen LogP) is 1.89. The van der Waals surface area contributed by atoms with Crippen LogP contribution in [0.3, 0.4) is 0 Å². The van der Waals surface area contributed by atoms with Crippen molar-refractivity contribution in [3.05, 3.63) is 27.6 Å². The van der Waals surface area contributed by atoms with E-state index in [4.69, 9.17) is 11.6 Å². The average molecular weight is 305 g/mol. The van der Waals surface area contributed by atoms with Crippen LogP contribution in [0.4, 0.5) is 0 Å². The highest BCUT2D eigenvalue weighted by atomic mass is 35.5. The van der Waals surface area contributed by atoms with Gasteiger partial charge >= 0.3 is 0 Å². The fourth-order valence-corrected chi connectivity index (χ4v) is 4.06. The maximum atomic E-state index is 12.2. The first-order valence-electron chi connectivity index (χ1n) is 6.13. The number of hydrogen-bond acceptors (Lipinski definition) is 3. The lowest BCUT2D eigenvalue weighted by atomic mass is 9.88. The number of halogens is 1. The van der Waals surface area contributed by atoms with E-state index < -0.39 is 15.6 Å². The Hall–Kier alpha value is -0.850. The van der Waals surface area contributed by atoms with E-state index >= 15 is 0 Å². The van der Waals surface area contributed by atoms with Crippen LogP contribution in [0.25, 0.3) is 0 Å². The van der Waals surface area contributed by atoms with Crippen molar-refractivity contribution in [2.24, 2.45) is 5.41 Å². The van der Waals surface area contributed by atoms with Gasteiger partial charge < -0.3 is 4.98 Å². The third kappa shape index (κ3) is 3.01. The Morgan fingerprint density at radius 3 is 2.68 bits per heavy atom. The fraction of sp³-hybridized carbons (Fsp3) is 0.583. The number of rotatable bonds is 3. The maximum Gasteiger partial charge on any atom is 0.266 e. The molecule has 0 aliphatic heterocycles. The normalized spacial score (nSPS) is 22.6. The van der Waals surface area contributed by atoms with Gasteiger partial charge in [-0.05, 0) is 24.3 Å². The number of nitrogens with one attached hydrogen (secondary N) is 2. The summed E-state index contributed by atoms with van der Waals surface area (Å²) in [6.07, 6.45) is 3.99. The third-order valence-electron chi connectivity index (χ3n) is 3.70. The first kappa shape index (κ1) is 14.6. The molecule has 1 aromatic rings. The summed E-state index contributed by atoms with van der Waals surface area (Å²) in [5, 5.41) is -0.131. The summed E-state index contributed by atoms with van der Waals surface area (Å²) < 4.78 is 27.2. The molecule has 1 atom stereocenters. The van der Waals surface area contributed by atoms with Crippen LogP contribution in [-0.4, -0.2) is 19.4 Å². The van der Waals surface area contributed by atoms with Crippen LogP contribution in [0, 0.1) is 5.41 Å². The molecule has 19 heavy (non-hydrogen) atoms. The quantitative estimate of drug-likeness (QED) is 0.895. The van der Waals surface area contributed by atoms with Crippen molar-refractivity contribution in [2.75, 3.05) is 0 Å². The molecule has 2 rings (SSSR count). The lowest BCUT2D eigenvalue weighted by molar-refractivity contribution is 0.313. The molecule has 1 aliphatic rings. The van der Waals surface area contributed by atoms with Gasteiger partial charge in [0.1, 0.15) is 5.02 Å². The van der Waals surface area contributed by atoms with E-state index in [9.17, 15) is 13.2 Å². The lowest BCUT2D eigenvalue weighted by Gasteiger charge is -2.27. The van der Waals surface area contributed by atoms with E-state index in [1.54, 1.807) is 0 Å². The van der Waals surface area contributed by atoms with Crippen molar-refractivity contribution in [3.8, 4) is 0 Å². The van der Waals surface area contributed by atoms with Crippen LogP contribution in [0.5, 0.6) is 0 Å². The second-order valence-corrected chi connectivity index (χ2v) is 7.69. The van der Waals surface area contributed by atoms with E-state index in [-0.39, 0.29) is 21.4 Å². The van der Waals surface area contributed by atoms with Crippen molar-refractivity contribution < 1.29 is 8.42 Å². The minimum Gasteiger partial charge on any atom is -0.326 e. The standard InChI is InChI=1S/C12H17ClN2O3S/c1-12(2)5-3-4-10(12)15-19(17,18)8-6-9(13)11(16)14-7-8/h6-7,10,15H,3-5H2,1-2H3,(H,14,16). The Kier molecular flexibility index (Phi) is 3.77. The highest BCUT2D eigenvalue weighted by Gasteiger charge is 2.37. The molecule has 2 N–H and O–H groups in total. The van der Waals surface area contributed by atoms with Gasteiger partial charge in [-0.2, -0.15) is 0 Å². The molecule has 1 aromatic heterocycles. The van der Waals surface area contributed by atoms with Gasteiger partial charge in [-0.3, -0.25) is 4.79 Å². The van der Waals surface area contributed by atoms with E-state index in [1.807, 2.05) is 13.8 Å². The van der Waals surface area contributed by atoms with Crippen molar-refractivity contribution in [1.29, 1.82) is 0 Å². The summed E-state index contributed by atoms with van der Waals surface area (Å²) in [6, 6.07) is 1.08. The van der Waals surface area contributed by atoms with Crippen molar-refractivity contribution in [3.63, 3.8) is 0 Å². The van der Waals surface area contributed by atoms with Gasteiger partial charge in [-0.1, -0.05) is 31.9 Å². The maximum absolute atomic E-state index is 12.2.